The molecule has 1 heterocycles. The molecule has 1 aliphatic rings. The fraction of sp³-hybridized carbons (Fsp3) is 0.588. The Hall–Kier alpha value is -1.02. The standard InChI is InChI=1S/C17H27N3O2.HI/c1-4-18-16(20-11-17(2)12-22-13-17)19-10-9-14-5-7-15(21-3)8-6-14;/h5-8H,4,9-13H2,1-3H3,(H2,18,19,20);1H. The Labute approximate surface area is 156 Å². The molecule has 0 saturated carbocycles. The van der Waals surface area contributed by atoms with Crippen molar-refractivity contribution in [3.8, 4) is 5.75 Å². The first-order chi connectivity index (χ1) is 10.6. The Morgan fingerprint density at radius 1 is 1.26 bits per heavy atom. The first-order valence-corrected chi connectivity index (χ1v) is 7.88. The minimum Gasteiger partial charge on any atom is -0.497 e. The van der Waals surface area contributed by atoms with Crippen molar-refractivity contribution in [2.45, 2.75) is 20.3 Å². The van der Waals surface area contributed by atoms with E-state index in [0.29, 0.717) is 0 Å². The lowest BCUT2D eigenvalue weighted by molar-refractivity contribution is -0.0945. The molecule has 0 amide bonds. The van der Waals surface area contributed by atoms with Crippen LogP contribution in [-0.4, -0.2) is 45.9 Å². The van der Waals surface area contributed by atoms with Crippen molar-refractivity contribution in [2.75, 3.05) is 40.0 Å². The Kier molecular flexibility index (Phi) is 8.68. The summed E-state index contributed by atoms with van der Waals surface area (Å²) in [6, 6.07) is 8.17. The van der Waals surface area contributed by atoms with E-state index in [1.165, 1.54) is 5.56 Å². The average Bonchev–Trinajstić information content (AvgIpc) is 2.51. The second-order valence-corrected chi connectivity index (χ2v) is 6.02. The maximum atomic E-state index is 5.27. The quantitative estimate of drug-likeness (QED) is 0.394. The molecule has 0 radical (unpaired) electrons. The summed E-state index contributed by atoms with van der Waals surface area (Å²) >= 11 is 0. The van der Waals surface area contributed by atoms with Crippen LogP contribution in [0, 0.1) is 5.41 Å². The monoisotopic (exact) mass is 433 g/mol. The number of ether oxygens (including phenoxy) is 2. The molecule has 6 heteroatoms. The van der Waals surface area contributed by atoms with E-state index in [9.17, 15) is 0 Å². The average molecular weight is 433 g/mol. The second-order valence-electron chi connectivity index (χ2n) is 6.02. The molecule has 130 valence electrons. The fourth-order valence-electron chi connectivity index (χ4n) is 2.27. The van der Waals surface area contributed by atoms with Gasteiger partial charge in [0.2, 0.25) is 0 Å². The van der Waals surface area contributed by atoms with E-state index < -0.39 is 0 Å². The van der Waals surface area contributed by atoms with Crippen LogP contribution in [0.1, 0.15) is 19.4 Å². The van der Waals surface area contributed by atoms with E-state index in [-0.39, 0.29) is 29.4 Å². The molecule has 0 spiro atoms. The van der Waals surface area contributed by atoms with E-state index in [2.05, 4.69) is 41.6 Å². The predicted octanol–water partition coefficient (Wildman–Crippen LogP) is 2.45. The highest BCUT2D eigenvalue weighted by molar-refractivity contribution is 14.0. The zero-order valence-corrected chi connectivity index (χ0v) is 16.6. The van der Waals surface area contributed by atoms with Gasteiger partial charge in [-0.1, -0.05) is 19.1 Å². The van der Waals surface area contributed by atoms with Crippen molar-refractivity contribution >= 4 is 29.9 Å². The van der Waals surface area contributed by atoms with Crippen molar-refractivity contribution in [2.24, 2.45) is 10.4 Å². The highest BCUT2D eigenvalue weighted by Gasteiger charge is 2.33. The van der Waals surface area contributed by atoms with Crippen LogP contribution in [0.4, 0.5) is 0 Å². The summed E-state index contributed by atoms with van der Waals surface area (Å²) in [7, 11) is 1.68. The normalized spacial score (nSPS) is 16.0. The summed E-state index contributed by atoms with van der Waals surface area (Å²) in [5.41, 5.74) is 1.49. The van der Waals surface area contributed by atoms with Crippen molar-refractivity contribution in [1.82, 2.24) is 10.6 Å². The number of hydrogen-bond donors (Lipinski definition) is 2. The van der Waals surface area contributed by atoms with Crippen molar-refractivity contribution < 1.29 is 9.47 Å². The molecule has 0 bridgehead atoms. The van der Waals surface area contributed by atoms with Gasteiger partial charge in [-0.25, -0.2) is 0 Å². The molecule has 2 N–H and O–H groups in total. The third kappa shape index (κ3) is 6.55. The van der Waals surface area contributed by atoms with Crippen molar-refractivity contribution in [3.63, 3.8) is 0 Å². The van der Waals surface area contributed by atoms with Gasteiger partial charge in [-0.3, -0.25) is 4.99 Å². The van der Waals surface area contributed by atoms with E-state index in [1.54, 1.807) is 7.11 Å². The lowest BCUT2D eigenvalue weighted by Crippen LogP contribution is -2.44. The largest absolute Gasteiger partial charge is 0.497 e. The van der Waals surface area contributed by atoms with E-state index in [0.717, 1.165) is 51.0 Å². The number of benzene rings is 1. The van der Waals surface area contributed by atoms with Crippen LogP contribution >= 0.6 is 24.0 Å². The SMILES string of the molecule is CCNC(=NCC1(C)COC1)NCCc1ccc(OC)cc1.I. The first kappa shape index (κ1) is 20.0. The molecule has 1 aliphatic heterocycles. The Morgan fingerprint density at radius 2 is 1.96 bits per heavy atom. The van der Waals surface area contributed by atoms with Gasteiger partial charge in [0.1, 0.15) is 5.75 Å². The van der Waals surface area contributed by atoms with Gasteiger partial charge < -0.3 is 20.1 Å². The number of nitrogens with zero attached hydrogens (tertiary/aromatic N) is 1. The van der Waals surface area contributed by atoms with E-state index >= 15 is 0 Å². The number of aliphatic imine (C=N–C) groups is 1. The molecule has 0 unspecified atom stereocenters. The van der Waals surface area contributed by atoms with Crippen molar-refractivity contribution in [3.05, 3.63) is 29.8 Å². The fourth-order valence-corrected chi connectivity index (χ4v) is 2.27. The molecule has 23 heavy (non-hydrogen) atoms. The summed E-state index contributed by atoms with van der Waals surface area (Å²) in [6.45, 7) is 8.41. The molecule has 1 aromatic carbocycles. The van der Waals surface area contributed by atoms with Gasteiger partial charge in [0.15, 0.2) is 5.96 Å². The van der Waals surface area contributed by atoms with Gasteiger partial charge in [0.25, 0.3) is 0 Å². The Morgan fingerprint density at radius 3 is 2.48 bits per heavy atom. The topological polar surface area (TPSA) is 54.9 Å². The van der Waals surface area contributed by atoms with Crippen LogP contribution in [0.2, 0.25) is 0 Å². The third-order valence-electron chi connectivity index (χ3n) is 3.73. The maximum Gasteiger partial charge on any atom is 0.191 e. The summed E-state index contributed by atoms with van der Waals surface area (Å²) in [5, 5.41) is 6.67. The maximum absolute atomic E-state index is 5.27. The van der Waals surface area contributed by atoms with E-state index in [4.69, 9.17) is 9.47 Å². The number of rotatable bonds is 7. The molecule has 0 aromatic heterocycles. The molecule has 1 aromatic rings. The van der Waals surface area contributed by atoms with Gasteiger partial charge in [0, 0.05) is 18.5 Å². The van der Waals surface area contributed by atoms with Gasteiger partial charge in [-0.05, 0) is 31.0 Å². The second kappa shape index (κ2) is 9.97. The molecule has 0 atom stereocenters. The van der Waals surface area contributed by atoms with Crippen LogP contribution < -0.4 is 15.4 Å². The molecule has 1 saturated heterocycles. The Balaban J connectivity index is 0.00000264. The number of halogens is 1. The third-order valence-corrected chi connectivity index (χ3v) is 3.73. The molecular weight excluding hydrogens is 405 g/mol. The van der Waals surface area contributed by atoms with Crippen LogP contribution in [0.15, 0.2) is 29.3 Å². The van der Waals surface area contributed by atoms with Crippen LogP contribution in [0.5, 0.6) is 5.75 Å². The number of methoxy groups -OCH3 is 1. The lowest BCUT2D eigenvalue weighted by Gasteiger charge is -2.36. The summed E-state index contributed by atoms with van der Waals surface area (Å²) < 4.78 is 10.4. The molecular formula is C17H28IN3O2. The van der Waals surface area contributed by atoms with Crippen LogP contribution in [-0.2, 0) is 11.2 Å². The van der Waals surface area contributed by atoms with E-state index in [1.807, 2.05) is 12.1 Å². The zero-order chi connectivity index (χ0) is 15.8. The summed E-state index contributed by atoms with van der Waals surface area (Å²) in [5.74, 6) is 1.77. The number of nitrogens with one attached hydrogen (secondary N) is 2. The summed E-state index contributed by atoms with van der Waals surface area (Å²) in [4.78, 5) is 4.66. The Bertz CT molecular complexity index is 487. The highest BCUT2D eigenvalue weighted by Crippen LogP contribution is 2.26. The lowest BCUT2D eigenvalue weighted by atomic mass is 9.89. The molecule has 0 aliphatic carbocycles. The predicted molar refractivity (Wildman–Crippen MR) is 105 cm³/mol. The number of hydrogen-bond acceptors (Lipinski definition) is 3. The summed E-state index contributed by atoms with van der Waals surface area (Å²) in [6.07, 6.45) is 0.953. The molecule has 1 fully saturated rings. The molecule has 5 nitrogen and oxygen atoms in total. The van der Waals surface area contributed by atoms with Gasteiger partial charge in [-0.15, -0.1) is 24.0 Å². The van der Waals surface area contributed by atoms with Gasteiger partial charge in [0.05, 0.1) is 26.9 Å². The van der Waals surface area contributed by atoms with Gasteiger partial charge >= 0.3 is 0 Å². The minimum absolute atomic E-state index is 0. The van der Waals surface area contributed by atoms with Gasteiger partial charge in [-0.2, -0.15) is 0 Å². The smallest absolute Gasteiger partial charge is 0.191 e. The number of guanidine groups is 1. The van der Waals surface area contributed by atoms with Crippen LogP contribution in [0.3, 0.4) is 0 Å². The zero-order valence-electron chi connectivity index (χ0n) is 14.2. The first-order valence-electron chi connectivity index (χ1n) is 7.88. The highest BCUT2D eigenvalue weighted by atomic mass is 127. The van der Waals surface area contributed by atoms with Crippen molar-refractivity contribution in [1.29, 1.82) is 0 Å². The minimum atomic E-state index is 0. The van der Waals surface area contributed by atoms with Crippen LogP contribution in [0.25, 0.3) is 0 Å². The molecule has 2 rings (SSSR count).